The molecule has 1 aromatic heterocycles. The van der Waals surface area contributed by atoms with Crippen molar-refractivity contribution in [2.24, 2.45) is 0 Å². The molecule has 1 N–H and O–H groups in total. The van der Waals surface area contributed by atoms with Gasteiger partial charge >= 0.3 is 0 Å². The standard InChI is InChI=1S/C22H26N4O6/c1-3-4-16-5-10-21(22(11-16)30-2)32-15-19(27)13-25-12-17(23-24-25)14-31-20-8-6-18(7-9-20)26(28)29/h5-12,19,27H,3-4,13-15H2,1-2H3. The Morgan fingerprint density at radius 3 is 2.62 bits per heavy atom. The van der Waals surface area contributed by atoms with Crippen LogP contribution in [0.1, 0.15) is 24.6 Å². The molecule has 0 saturated heterocycles. The van der Waals surface area contributed by atoms with Crippen LogP contribution in [0.5, 0.6) is 17.2 Å². The van der Waals surface area contributed by atoms with E-state index in [0.717, 1.165) is 12.8 Å². The summed E-state index contributed by atoms with van der Waals surface area (Å²) in [5.74, 6) is 1.69. The molecule has 3 rings (SSSR count). The van der Waals surface area contributed by atoms with E-state index in [2.05, 4.69) is 17.2 Å². The van der Waals surface area contributed by atoms with Crippen LogP contribution in [0.25, 0.3) is 0 Å². The Hall–Kier alpha value is -3.66. The Labute approximate surface area is 185 Å². The van der Waals surface area contributed by atoms with Crippen molar-refractivity contribution in [3.05, 3.63) is 70.0 Å². The van der Waals surface area contributed by atoms with Gasteiger partial charge in [0.15, 0.2) is 11.5 Å². The summed E-state index contributed by atoms with van der Waals surface area (Å²) < 4.78 is 18.2. The van der Waals surface area contributed by atoms with Gasteiger partial charge < -0.3 is 19.3 Å². The summed E-state index contributed by atoms with van der Waals surface area (Å²) in [5, 5.41) is 29.0. The number of non-ortho nitro benzene ring substituents is 1. The Kier molecular flexibility index (Phi) is 7.98. The van der Waals surface area contributed by atoms with Crippen molar-refractivity contribution in [2.45, 2.75) is 39.0 Å². The lowest BCUT2D eigenvalue weighted by Gasteiger charge is -2.15. The van der Waals surface area contributed by atoms with Crippen molar-refractivity contribution >= 4 is 5.69 Å². The van der Waals surface area contributed by atoms with Crippen LogP contribution in [-0.2, 0) is 19.6 Å². The molecular weight excluding hydrogens is 416 g/mol. The van der Waals surface area contributed by atoms with Gasteiger partial charge in [0, 0.05) is 12.1 Å². The Morgan fingerprint density at radius 2 is 1.94 bits per heavy atom. The zero-order chi connectivity index (χ0) is 22.9. The van der Waals surface area contributed by atoms with E-state index in [1.54, 1.807) is 13.3 Å². The number of aliphatic hydroxyl groups excluding tert-OH is 1. The van der Waals surface area contributed by atoms with Gasteiger partial charge in [-0.2, -0.15) is 0 Å². The normalized spacial score (nSPS) is 11.7. The zero-order valence-electron chi connectivity index (χ0n) is 18.0. The first-order chi connectivity index (χ1) is 15.5. The minimum atomic E-state index is -0.805. The molecule has 0 radical (unpaired) electrons. The highest BCUT2D eigenvalue weighted by molar-refractivity contribution is 5.43. The number of aliphatic hydroxyl groups is 1. The maximum Gasteiger partial charge on any atom is 0.269 e. The number of benzene rings is 2. The zero-order valence-corrected chi connectivity index (χ0v) is 18.0. The second-order valence-electron chi connectivity index (χ2n) is 7.17. The van der Waals surface area contributed by atoms with Gasteiger partial charge in [-0.25, -0.2) is 4.68 Å². The molecule has 0 fully saturated rings. The van der Waals surface area contributed by atoms with Crippen LogP contribution in [0.3, 0.4) is 0 Å². The molecule has 0 bridgehead atoms. The SMILES string of the molecule is CCCc1ccc(OCC(O)Cn2cc(COc3ccc([N+](=O)[O-])cc3)nn2)c(OC)c1. The molecule has 170 valence electrons. The largest absolute Gasteiger partial charge is 0.493 e. The Balaban J connectivity index is 1.48. The van der Waals surface area contributed by atoms with Crippen molar-refractivity contribution in [1.29, 1.82) is 0 Å². The van der Waals surface area contributed by atoms with Crippen LogP contribution in [0, 0.1) is 10.1 Å². The molecule has 0 spiro atoms. The second kappa shape index (κ2) is 11.1. The van der Waals surface area contributed by atoms with Crippen LogP contribution in [0.4, 0.5) is 5.69 Å². The molecule has 3 aromatic rings. The van der Waals surface area contributed by atoms with E-state index in [9.17, 15) is 15.2 Å². The van der Waals surface area contributed by atoms with Crippen LogP contribution in [0.2, 0.25) is 0 Å². The summed E-state index contributed by atoms with van der Waals surface area (Å²) in [5.41, 5.74) is 1.72. The average molecular weight is 442 g/mol. The molecule has 0 aliphatic rings. The first-order valence-corrected chi connectivity index (χ1v) is 10.2. The van der Waals surface area contributed by atoms with Gasteiger partial charge in [-0.05, 0) is 36.2 Å². The molecule has 1 unspecified atom stereocenters. The van der Waals surface area contributed by atoms with Gasteiger partial charge in [0.05, 0.1) is 24.8 Å². The lowest BCUT2D eigenvalue weighted by Crippen LogP contribution is -2.24. The van der Waals surface area contributed by atoms with Gasteiger partial charge in [-0.15, -0.1) is 5.10 Å². The monoisotopic (exact) mass is 442 g/mol. The molecule has 32 heavy (non-hydrogen) atoms. The smallest absolute Gasteiger partial charge is 0.269 e. The maximum absolute atomic E-state index is 10.7. The third-order valence-electron chi connectivity index (χ3n) is 4.62. The molecule has 10 nitrogen and oxygen atoms in total. The fourth-order valence-corrected chi connectivity index (χ4v) is 3.05. The number of nitro groups is 1. The lowest BCUT2D eigenvalue weighted by molar-refractivity contribution is -0.384. The van der Waals surface area contributed by atoms with Crippen molar-refractivity contribution < 1.29 is 24.2 Å². The number of nitrogens with zero attached hydrogens (tertiary/aromatic N) is 4. The van der Waals surface area contributed by atoms with E-state index in [-0.39, 0.29) is 25.4 Å². The van der Waals surface area contributed by atoms with Crippen LogP contribution >= 0.6 is 0 Å². The lowest BCUT2D eigenvalue weighted by atomic mass is 10.1. The number of methoxy groups -OCH3 is 1. The minimum absolute atomic E-state index is 0.00553. The summed E-state index contributed by atoms with van der Waals surface area (Å²) in [6.45, 7) is 2.52. The number of nitro benzene ring substituents is 1. The number of aryl methyl sites for hydroxylation is 1. The number of hydrogen-bond donors (Lipinski definition) is 1. The van der Waals surface area contributed by atoms with Gasteiger partial charge in [-0.3, -0.25) is 10.1 Å². The first kappa shape index (κ1) is 23.0. The first-order valence-electron chi connectivity index (χ1n) is 10.2. The molecule has 2 aromatic carbocycles. The number of hydrogen-bond acceptors (Lipinski definition) is 8. The van der Waals surface area contributed by atoms with Gasteiger partial charge in [0.1, 0.15) is 30.8 Å². The number of ether oxygens (including phenoxy) is 3. The molecule has 0 aliphatic carbocycles. The molecule has 10 heteroatoms. The quantitative estimate of drug-likeness (QED) is 0.335. The van der Waals surface area contributed by atoms with Gasteiger partial charge in [-0.1, -0.05) is 24.6 Å². The van der Waals surface area contributed by atoms with Crippen molar-refractivity contribution in [1.82, 2.24) is 15.0 Å². The molecule has 1 atom stereocenters. The van der Waals surface area contributed by atoms with E-state index in [0.29, 0.717) is 22.9 Å². The fourth-order valence-electron chi connectivity index (χ4n) is 3.05. The predicted molar refractivity (Wildman–Crippen MR) is 116 cm³/mol. The molecule has 0 saturated carbocycles. The van der Waals surface area contributed by atoms with Crippen LogP contribution in [-0.4, -0.2) is 44.8 Å². The van der Waals surface area contributed by atoms with E-state index in [1.165, 1.54) is 34.5 Å². The van der Waals surface area contributed by atoms with Gasteiger partial charge in [0.2, 0.25) is 0 Å². The minimum Gasteiger partial charge on any atom is -0.493 e. The highest BCUT2D eigenvalue weighted by Gasteiger charge is 2.12. The molecular formula is C22H26N4O6. The van der Waals surface area contributed by atoms with Gasteiger partial charge in [0.25, 0.3) is 5.69 Å². The highest BCUT2D eigenvalue weighted by atomic mass is 16.6. The fraction of sp³-hybridized carbons (Fsp3) is 0.364. The van der Waals surface area contributed by atoms with Crippen molar-refractivity contribution in [3.63, 3.8) is 0 Å². The van der Waals surface area contributed by atoms with Crippen LogP contribution < -0.4 is 14.2 Å². The molecule has 0 aliphatic heterocycles. The van der Waals surface area contributed by atoms with E-state index in [1.807, 2.05) is 18.2 Å². The average Bonchev–Trinajstić information content (AvgIpc) is 3.24. The topological polar surface area (TPSA) is 122 Å². The summed E-state index contributed by atoms with van der Waals surface area (Å²) in [7, 11) is 1.59. The Morgan fingerprint density at radius 1 is 1.16 bits per heavy atom. The predicted octanol–water partition coefficient (Wildman–Crippen LogP) is 3.17. The molecule has 0 amide bonds. The second-order valence-corrected chi connectivity index (χ2v) is 7.17. The number of aromatic nitrogens is 3. The Bertz CT molecular complexity index is 1020. The third kappa shape index (κ3) is 6.42. The summed E-state index contributed by atoms with van der Waals surface area (Å²) in [6, 6.07) is 11.6. The molecule has 1 heterocycles. The highest BCUT2D eigenvalue weighted by Crippen LogP contribution is 2.28. The number of rotatable bonds is 12. The summed E-state index contributed by atoms with van der Waals surface area (Å²) >= 11 is 0. The van der Waals surface area contributed by atoms with Crippen LogP contribution in [0.15, 0.2) is 48.7 Å². The van der Waals surface area contributed by atoms with Crippen molar-refractivity contribution in [3.8, 4) is 17.2 Å². The van der Waals surface area contributed by atoms with E-state index < -0.39 is 11.0 Å². The van der Waals surface area contributed by atoms with E-state index in [4.69, 9.17) is 14.2 Å². The third-order valence-corrected chi connectivity index (χ3v) is 4.62. The van der Waals surface area contributed by atoms with Crippen molar-refractivity contribution in [2.75, 3.05) is 13.7 Å². The van der Waals surface area contributed by atoms with E-state index >= 15 is 0 Å². The summed E-state index contributed by atoms with van der Waals surface area (Å²) in [6.07, 6.45) is 2.86. The maximum atomic E-state index is 10.7. The summed E-state index contributed by atoms with van der Waals surface area (Å²) in [4.78, 5) is 10.2.